The zero-order valence-electron chi connectivity index (χ0n) is 12.5. The summed E-state index contributed by atoms with van der Waals surface area (Å²) in [7, 11) is 3.15. The Kier molecular flexibility index (Phi) is 7.72. The highest BCUT2D eigenvalue weighted by atomic mass is 35.5. The molecule has 0 saturated heterocycles. The number of halogens is 2. The lowest BCUT2D eigenvalue weighted by Crippen LogP contribution is -2.21. The Labute approximate surface area is 135 Å². The highest BCUT2D eigenvalue weighted by Crippen LogP contribution is 2.39. The second kappa shape index (κ2) is 9.03. The molecule has 0 fully saturated rings. The van der Waals surface area contributed by atoms with Crippen LogP contribution in [0.15, 0.2) is 22.7 Å². The quantitative estimate of drug-likeness (QED) is 0.788. The maximum Gasteiger partial charge on any atom is 0.203 e. The summed E-state index contributed by atoms with van der Waals surface area (Å²) in [5.74, 6) is 1.64. The van der Waals surface area contributed by atoms with Crippen LogP contribution >= 0.6 is 23.2 Å². The lowest BCUT2D eigenvalue weighted by molar-refractivity contribution is 0.298. The first-order chi connectivity index (χ1) is 10.0. The van der Waals surface area contributed by atoms with E-state index in [0.29, 0.717) is 22.3 Å². The Morgan fingerprint density at radius 3 is 2.29 bits per heavy atom. The Balaban J connectivity index is 3.06. The molecule has 1 aromatic rings. The van der Waals surface area contributed by atoms with E-state index in [0.717, 1.165) is 18.4 Å². The van der Waals surface area contributed by atoms with Gasteiger partial charge in [-0.15, -0.1) is 0 Å². The van der Waals surface area contributed by atoms with Crippen molar-refractivity contribution in [3.63, 3.8) is 0 Å². The summed E-state index contributed by atoms with van der Waals surface area (Å²) in [6, 6.07) is 3.89. The number of ether oxygens (including phenoxy) is 3. The van der Waals surface area contributed by atoms with Gasteiger partial charge >= 0.3 is 0 Å². The van der Waals surface area contributed by atoms with Crippen LogP contribution in [0.3, 0.4) is 0 Å². The number of methoxy groups -OCH3 is 2. The van der Waals surface area contributed by atoms with Gasteiger partial charge in [-0.05, 0) is 30.5 Å². The van der Waals surface area contributed by atoms with Gasteiger partial charge in [0.1, 0.15) is 6.61 Å². The number of hydrogen-bond acceptors (Lipinski definition) is 4. The number of hydrogen-bond donors (Lipinski definition) is 1. The van der Waals surface area contributed by atoms with Crippen molar-refractivity contribution in [3.8, 4) is 17.2 Å². The second-order valence-corrected chi connectivity index (χ2v) is 5.25. The van der Waals surface area contributed by atoms with E-state index in [-0.39, 0.29) is 12.6 Å². The van der Waals surface area contributed by atoms with E-state index in [2.05, 4.69) is 6.92 Å². The molecule has 0 amide bonds. The van der Waals surface area contributed by atoms with Gasteiger partial charge < -0.3 is 19.9 Å². The van der Waals surface area contributed by atoms with Gasteiger partial charge in [0.05, 0.1) is 19.3 Å². The van der Waals surface area contributed by atoms with Crippen LogP contribution in [-0.4, -0.2) is 26.9 Å². The molecule has 0 saturated carbocycles. The van der Waals surface area contributed by atoms with Crippen molar-refractivity contribution in [3.05, 3.63) is 28.3 Å². The van der Waals surface area contributed by atoms with E-state index in [1.54, 1.807) is 14.2 Å². The fraction of sp³-hybridized carbons (Fsp3) is 0.467. The SMILES string of the molecule is CCC(N)Cc1cc(OC)c(OCC(Cl)=CCl)c(OC)c1. The highest BCUT2D eigenvalue weighted by molar-refractivity contribution is 6.36. The van der Waals surface area contributed by atoms with Crippen molar-refractivity contribution in [2.45, 2.75) is 25.8 Å². The third kappa shape index (κ3) is 5.30. The molecule has 1 aromatic carbocycles. The van der Waals surface area contributed by atoms with Crippen molar-refractivity contribution in [1.29, 1.82) is 0 Å². The number of nitrogens with two attached hydrogens (primary N) is 1. The standard InChI is InChI=1S/C15H21Cl2NO3/c1-4-12(18)5-10-6-13(19-2)15(14(7-10)20-3)21-9-11(17)8-16/h6-8,12H,4-5,9,18H2,1-3H3. The molecule has 0 radical (unpaired) electrons. The van der Waals surface area contributed by atoms with Crippen molar-refractivity contribution in [1.82, 2.24) is 0 Å². The molecule has 1 atom stereocenters. The van der Waals surface area contributed by atoms with E-state index in [4.69, 9.17) is 43.1 Å². The molecule has 1 rings (SSSR count). The first-order valence-corrected chi connectivity index (χ1v) is 7.45. The van der Waals surface area contributed by atoms with Crippen LogP contribution in [0.1, 0.15) is 18.9 Å². The molecule has 4 nitrogen and oxygen atoms in total. The smallest absolute Gasteiger partial charge is 0.203 e. The minimum Gasteiger partial charge on any atom is -0.493 e. The molecule has 0 spiro atoms. The van der Waals surface area contributed by atoms with Gasteiger partial charge in [-0.25, -0.2) is 0 Å². The molecule has 2 N–H and O–H groups in total. The summed E-state index contributed by atoms with van der Waals surface area (Å²) in [4.78, 5) is 0. The third-order valence-electron chi connectivity index (χ3n) is 3.02. The van der Waals surface area contributed by atoms with E-state index >= 15 is 0 Å². The Hall–Kier alpha value is -1.10. The predicted octanol–water partition coefficient (Wildman–Crippen LogP) is 3.68. The first-order valence-electron chi connectivity index (χ1n) is 6.63. The Morgan fingerprint density at radius 1 is 1.29 bits per heavy atom. The molecule has 1 unspecified atom stereocenters. The molecule has 0 aliphatic carbocycles. The number of benzene rings is 1. The molecular formula is C15H21Cl2NO3. The molecule has 0 aromatic heterocycles. The van der Waals surface area contributed by atoms with Crippen LogP contribution in [0, 0.1) is 0 Å². The van der Waals surface area contributed by atoms with Gasteiger partial charge in [-0.2, -0.15) is 0 Å². The summed E-state index contributed by atoms with van der Waals surface area (Å²) in [6.07, 6.45) is 1.64. The van der Waals surface area contributed by atoms with Gasteiger partial charge in [0.25, 0.3) is 0 Å². The van der Waals surface area contributed by atoms with Crippen molar-refractivity contribution in [2.24, 2.45) is 5.73 Å². The van der Waals surface area contributed by atoms with E-state index in [1.807, 2.05) is 12.1 Å². The summed E-state index contributed by atoms with van der Waals surface area (Å²) in [6.45, 7) is 2.20. The normalized spacial score (nSPS) is 13.0. The molecule has 6 heteroatoms. The van der Waals surface area contributed by atoms with Crippen molar-refractivity contribution in [2.75, 3.05) is 20.8 Å². The largest absolute Gasteiger partial charge is 0.493 e. The third-order valence-corrected chi connectivity index (χ3v) is 3.61. The average Bonchev–Trinajstić information content (AvgIpc) is 2.51. The molecule has 0 aliphatic heterocycles. The molecule has 21 heavy (non-hydrogen) atoms. The van der Waals surface area contributed by atoms with E-state index < -0.39 is 0 Å². The first kappa shape index (κ1) is 18.0. The monoisotopic (exact) mass is 333 g/mol. The summed E-state index contributed by atoms with van der Waals surface area (Å²) in [5.41, 5.74) is 8.28. The predicted molar refractivity (Wildman–Crippen MR) is 86.8 cm³/mol. The average molecular weight is 334 g/mol. The van der Waals surface area contributed by atoms with Crippen LogP contribution in [0.25, 0.3) is 0 Å². The lowest BCUT2D eigenvalue weighted by Gasteiger charge is -2.17. The molecular weight excluding hydrogens is 313 g/mol. The van der Waals surface area contributed by atoms with Gasteiger partial charge in [0.15, 0.2) is 11.5 Å². The lowest BCUT2D eigenvalue weighted by atomic mass is 10.0. The second-order valence-electron chi connectivity index (χ2n) is 4.55. The van der Waals surface area contributed by atoms with Gasteiger partial charge in [0.2, 0.25) is 5.75 Å². The van der Waals surface area contributed by atoms with E-state index in [1.165, 1.54) is 5.54 Å². The van der Waals surface area contributed by atoms with Gasteiger partial charge in [-0.3, -0.25) is 0 Å². The summed E-state index contributed by atoms with van der Waals surface area (Å²) in [5, 5.41) is 0.387. The summed E-state index contributed by atoms with van der Waals surface area (Å²) >= 11 is 11.3. The zero-order valence-corrected chi connectivity index (χ0v) is 14.0. The van der Waals surface area contributed by atoms with Crippen LogP contribution in [0.5, 0.6) is 17.2 Å². The van der Waals surface area contributed by atoms with Crippen LogP contribution in [-0.2, 0) is 6.42 Å². The highest BCUT2D eigenvalue weighted by Gasteiger charge is 2.15. The topological polar surface area (TPSA) is 53.7 Å². The summed E-state index contributed by atoms with van der Waals surface area (Å²) < 4.78 is 16.4. The Morgan fingerprint density at radius 2 is 1.86 bits per heavy atom. The Bertz CT molecular complexity index is 467. The maximum atomic E-state index is 5.99. The molecule has 0 aliphatic rings. The van der Waals surface area contributed by atoms with Gasteiger partial charge in [-0.1, -0.05) is 30.1 Å². The minimum atomic E-state index is 0.0970. The van der Waals surface area contributed by atoms with E-state index in [9.17, 15) is 0 Å². The van der Waals surface area contributed by atoms with Crippen molar-refractivity contribution < 1.29 is 14.2 Å². The molecule has 0 heterocycles. The van der Waals surface area contributed by atoms with Crippen LogP contribution in [0.4, 0.5) is 0 Å². The molecule has 0 bridgehead atoms. The van der Waals surface area contributed by atoms with Crippen molar-refractivity contribution >= 4 is 23.2 Å². The van der Waals surface area contributed by atoms with Crippen LogP contribution < -0.4 is 19.9 Å². The fourth-order valence-corrected chi connectivity index (χ4v) is 1.93. The van der Waals surface area contributed by atoms with Crippen LogP contribution in [0.2, 0.25) is 0 Å². The fourth-order valence-electron chi connectivity index (χ4n) is 1.81. The zero-order chi connectivity index (χ0) is 15.8. The van der Waals surface area contributed by atoms with Gasteiger partial charge in [0, 0.05) is 11.6 Å². The molecule has 118 valence electrons. The minimum absolute atomic E-state index is 0.0970. The maximum absolute atomic E-state index is 5.99. The number of rotatable bonds is 8.